The quantitative estimate of drug-likeness (QED) is 0.765. The van der Waals surface area contributed by atoms with Crippen molar-refractivity contribution in [3.05, 3.63) is 12.4 Å². The molecule has 1 fully saturated rings. The van der Waals surface area contributed by atoms with Gasteiger partial charge in [0.2, 0.25) is 0 Å². The topological polar surface area (TPSA) is 69.2 Å². The second kappa shape index (κ2) is 3.92. The maximum Gasteiger partial charge on any atom is 0.308 e. The van der Waals surface area contributed by atoms with E-state index in [0.717, 1.165) is 18.5 Å². The van der Waals surface area contributed by atoms with Crippen molar-refractivity contribution in [2.75, 3.05) is 11.4 Å². The highest BCUT2D eigenvalue weighted by atomic mass is 16.4. The van der Waals surface area contributed by atoms with Gasteiger partial charge in [-0.2, -0.15) is 5.10 Å². The summed E-state index contributed by atoms with van der Waals surface area (Å²) in [6, 6.07) is 0.387. The zero-order valence-electron chi connectivity index (χ0n) is 8.68. The van der Waals surface area contributed by atoms with Gasteiger partial charge < -0.3 is 10.0 Å². The molecule has 2 unspecified atom stereocenters. The summed E-state index contributed by atoms with van der Waals surface area (Å²) in [5.74, 6) is -0.952. The van der Waals surface area contributed by atoms with Crippen molar-refractivity contribution < 1.29 is 9.90 Å². The monoisotopic (exact) mass is 209 g/mol. The predicted octanol–water partition coefficient (Wildman–Crippen LogP) is 1.10. The van der Waals surface area contributed by atoms with E-state index in [1.807, 2.05) is 0 Å². The van der Waals surface area contributed by atoms with Gasteiger partial charge in [-0.1, -0.05) is 0 Å². The van der Waals surface area contributed by atoms with Gasteiger partial charge in [0.25, 0.3) is 0 Å². The largest absolute Gasteiger partial charge is 0.481 e. The predicted molar refractivity (Wildman–Crippen MR) is 55.8 cm³/mol. The van der Waals surface area contributed by atoms with E-state index in [1.165, 1.54) is 0 Å². The van der Waals surface area contributed by atoms with Crippen molar-refractivity contribution in [1.29, 1.82) is 0 Å². The fourth-order valence-corrected chi connectivity index (χ4v) is 2.07. The van der Waals surface area contributed by atoms with Crippen LogP contribution in [-0.4, -0.2) is 33.9 Å². The number of rotatable bonds is 2. The number of nitrogens with zero attached hydrogens (tertiary/aromatic N) is 2. The van der Waals surface area contributed by atoms with Gasteiger partial charge >= 0.3 is 5.97 Å². The SMILES string of the molecule is CC1CCC(C(=O)O)CN1c1cn[nH]c1. The molecule has 1 aromatic rings. The Morgan fingerprint density at radius 1 is 1.67 bits per heavy atom. The summed E-state index contributed by atoms with van der Waals surface area (Å²) in [6.45, 7) is 2.70. The molecule has 15 heavy (non-hydrogen) atoms. The van der Waals surface area contributed by atoms with Gasteiger partial charge in [-0.3, -0.25) is 9.89 Å². The van der Waals surface area contributed by atoms with Crippen molar-refractivity contribution in [2.45, 2.75) is 25.8 Å². The highest BCUT2D eigenvalue weighted by molar-refractivity contribution is 5.71. The Balaban J connectivity index is 2.12. The number of H-pyrrole nitrogens is 1. The van der Waals surface area contributed by atoms with Gasteiger partial charge in [0.15, 0.2) is 0 Å². The smallest absolute Gasteiger partial charge is 0.308 e. The molecule has 0 spiro atoms. The van der Waals surface area contributed by atoms with E-state index in [0.29, 0.717) is 12.6 Å². The number of aromatic nitrogens is 2. The first kappa shape index (κ1) is 10.0. The summed E-state index contributed by atoms with van der Waals surface area (Å²) in [5.41, 5.74) is 0.980. The van der Waals surface area contributed by atoms with Crippen molar-refractivity contribution in [3.8, 4) is 0 Å². The zero-order chi connectivity index (χ0) is 10.8. The van der Waals surface area contributed by atoms with Gasteiger partial charge in [-0.25, -0.2) is 0 Å². The van der Waals surface area contributed by atoms with Crippen LogP contribution in [0.15, 0.2) is 12.4 Å². The fourth-order valence-electron chi connectivity index (χ4n) is 2.07. The molecule has 0 bridgehead atoms. The average molecular weight is 209 g/mol. The molecule has 5 heteroatoms. The summed E-state index contributed by atoms with van der Waals surface area (Å²) >= 11 is 0. The third-order valence-electron chi connectivity index (χ3n) is 3.05. The number of hydrogen-bond acceptors (Lipinski definition) is 3. The maximum atomic E-state index is 10.9. The number of carboxylic acids is 1. The zero-order valence-corrected chi connectivity index (χ0v) is 8.68. The molecule has 0 saturated carbocycles. The van der Waals surface area contributed by atoms with Crippen molar-refractivity contribution in [2.24, 2.45) is 5.92 Å². The average Bonchev–Trinajstić information content (AvgIpc) is 2.71. The molecule has 5 nitrogen and oxygen atoms in total. The lowest BCUT2D eigenvalue weighted by molar-refractivity contribution is -0.142. The van der Waals surface area contributed by atoms with Crippen molar-refractivity contribution >= 4 is 11.7 Å². The minimum Gasteiger partial charge on any atom is -0.481 e. The summed E-state index contributed by atoms with van der Waals surface area (Å²) < 4.78 is 0. The summed E-state index contributed by atoms with van der Waals surface area (Å²) in [4.78, 5) is 13.0. The standard InChI is InChI=1S/C10H15N3O2/c1-7-2-3-8(10(14)15)6-13(7)9-4-11-12-5-9/h4-5,7-8H,2-3,6H2,1H3,(H,11,12)(H,14,15). The van der Waals surface area contributed by atoms with Crippen LogP contribution in [0.1, 0.15) is 19.8 Å². The molecular formula is C10H15N3O2. The second-order valence-corrected chi connectivity index (χ2v) is 4.07. The van der Waals surface area contributed by atoms with Crippen LogP contribution >= 0.6 is 0 Å². The molecule has 0 amide bonds. The van der Waals surface area contributed by atoms with E-state index < -0.39 is 5.97 Å². The maximum absolute atomic E-state index is 10.9. The van der Waals surface area contributed by atoms with Gasteiger partial charge in [-0.15, -0.1) is 0 Å². The number of aliphatic carboxylic acids is 1. The molecule has 2 heterocycles. The number of piperidine rings is 1. The van der Waals surface area contributed by atoms with Gasteiger partial charge in [0.1, 0.15) is 0 Å². The van der Waals surface area contributed by atoms with E-state index in [2.05, 4.69) is 22.0 Å². The van der Waals surface area contributed by atoms with Crippen LogP contribution in [0.5, 0.6) is 0 Å². The Morgan fingerprint density at radius 2 is 2.47 bits per heavy atom. The first-order valence-corrected chi connectivity index (χ1v) is 5.16. The number of nitrogens with one attached hydrogen (secondary N) is 1. The molecule has 0 aliphatic carbocycles. The van der Waals surface area contributed by atoms with Crippen LogP contribution in [0.25, 0.3) is 0 Å². The van der Waals surface area contributed by atoms with Crippen molar-refractivity contribution in [1.82, 2.24) is 10.2 Å². The molecule has 0 radical (unpaired) electrons. The van der Waals surface area contributed by atoms with Gasteiger partial charge in [0, 0.05) is 18.8 Å². The lowest BCUT2D eigenvalue weighted by atomic mass is 9.93. The first-order valence-electron chi connectivity index (χ1n) is 5.16. The number of anilines is 1. The minimum atomic E-state index is -0.699. The molecule has 82 valence electrons. The van der Waals surface area contributed by atoms with E-state index >= 15 is 0 Å². The van der Waals surface area contributed by atoms with Crippen LogP contribution in [0.4, 0.5) is 5.69 Å². The molecule has 2 N–H and O–H groups in total. The van der Waals surface area contributed by atoms with Crippen LogP contribution in [-0.2, 0) is 4.79 Å². The number of hydrogen-bond donors (Lipinski definition) is 2. The number of aromatic amines is 1. The number of carboxylic acid groups (broad SMARTS) is 1. The van der Waals surface area contributed by atoms with Gasteiger partial charge in [-0.05, 0) is 19.8 Å². The Morgan fingerprint density at radius 3 is 3.07 bits per heavy atom. The molecule has 1 aromatic heterocycles. The first-order chi connectivity index (χ1) is 7.18. The highest BCUT2D eigenvalue weighted by Crippen LogP contribution is 2.26. The molecule has 2 rings (SSSR count). The van der Waals surface area contributed by atoms with Crippen molar-refractivity contribution in [3.63, 3.8) is 0 Å². The van der Waals surface area contributed by atoms with Crippen LogP contribution < -0.4 is 4.90 Å². The highest BCUT2D eigenvalue weighted by Gasteiger charge is 2.30. The van der Waals surface area contributed by atoms with Crippen LogP contribution in [0.2, 0.25) is 0 Å². The lowest BCUT2D eigenvalue weighted by Crippen LogP contribution is -2.44. The summed E-state index contributed by atoms with van der Waals surface area (Å²) in [7, 11) is 0. The van der Waals surface area contributed by atoms with E-state index in [9.17, 15) is 4.79 Å². The Bertz CT molecular complexity index is 336. The van der Waals surface area contributed by atoms with E-state index in [-0.39, 0.29) is 5.92 Å². The molecule has 1 aliphatic rings. The minimum absolute atomic E-state index is 0.254. The Hall–Kier alpha value is -1.52. The third kappa shape index (κ3) is 1.95. The lowest BCUT2D eigenvalue weighted by Gasteiger charge is -2.37. The fraction of sp³-hybridized carbons (Fsp3) is 0.600. The molecular weight excluding hydrogens is 194 g/mol. The Kier molecular flexibility index (Phi) is 2.62. The summed E-state index contributed by atoms with van der Waals surface area (Å²) in [5, 5.41) is 15.6. The third-order valence-corrected chi connectivity index (χ3v) is 3.05. The second-order valence-electron chi connectivity index (χ2n) is 4.07. The molecule has 1 saturated heterocycles. The van der Waals surface area contributed by atoms with E-state index in [1.54, 1.807) is 12.4 Å². The van der Waals surface area contributed by atoms with Gasteiger partial charge in [0.05, 0.1) is 17.8 Å². The normalized spacial score (nSPS) is 26.6. The molecule has 1 aliphatic heterocycles. The molecule has 0 aromatic carbocycles. The summed E-state index contributed by atoms with van der Waals surface area (Å²) in [6.07, 6.45) is 5.23. The Labute approximate surface area is 88.1 Å². The van der Waals surface area contributed by atoms with Crippen LogP contribution in [0.3, 0.4) is 0 Å². The van der Waals surface area contributed by atoms with Crippen LogP contribution in [0, 0.1) is 5.92 Å². The van der Waals surface area contributed by atoms with E-state index in [4.69, 9.17) is 5.11 Å². The molecule has 2 atom stereocenters. The number of carbonyl (C=O) groups is 1.